The predicted octanol–water partition coefficient (Wildman–Crippen LogP) is 3.31. The number of nitrogens with zero attached hydrogens (tertiary/aromatic N) is 3. The first-order chi connectivity index (χ1) is 10.3. The van der Waals surface area contributed by atoms with Crippen molar-refractivity contribution in [1.29, 1.82) is 0 Å². The van der Waals surface area contributed by atoms with Gasteiger partial charge in [0, 0.05) is 16.8 Å². The summed E-state index contributed by atoms with van der Waals surface area (Å²) >= 11 is 0. The Morgan fingerprint density at radius 1 is 0.952 bits per heavy atom. The summed E-state index contributed by atoms with van der Waals surface area (Å²) in [5, 5.41) is 2.54. The fourth-order valence-corrected chi connectivity index (χ4v) is 3.05. The van der Waals surface area contributed by atoms with E-state index in [1.807, 2.05) is 25.5 Å². The molecular weight excluding hydrogens is 258 g/mol. The molecule has 3 nitrogen and oxygen atoms in total. The number of benzene rings is 2. The molecule has 21 heavy (non-hydrogen) atoms. The second-order valence-electron chi connectivity index (χ2n) is 5.35. The molecule has 0 aliphatic heterocycles. The Hall–Kier alpha value is -2.68. The van der Waals surface area contributed by atoms with Crippen LogP contribution in [-0.4, -0.2) is 9.55 Å². The molecule has 0 spiro atoms. The van der Waals surface area contributed by atoms with Crippen LogP contribution in [-0.2, 0) is 7.05 Å². The van der Waals surface area contributed by atoms with Crippen LogP contribution in [0.15, 0.2) is 60.9 Å². The molecule has 4 rings (SSSR count). The van der Waals surface area contributed by atoms with E-state index < -0.39 is 0 Å². The molecule has 4 aromatic rings. The molecular formula is C18H16N3+. The van der Waals surface area contributed by atoms with E-state index in [1.54, 1.807) is 0 Å². The molecule has 0 N–H and O–H groups in total. The first-order valence-corrected chi connectivity index (χ1v) is 7.07. The number of fused-ring (bicyclic) bond motifs is 3. The van der Waals surface area contributed by atoms with Gasteiger partial charge < -0.3 is 0 Å². The number of hydrogen-bond donors (Lipinski definition) is 0. The molecule has 2 aromatic heterocycles. The lowest BCUT2D eigenvalue weighted by molar-refractivity contribution is -0.668. The minimum absolute atomic E-state index is 0.929. The van der Waals surface area contributed by atoms with E-state index in [0.717, 1.165) is 5.95 Å². The first kappa shape index (κ1) is 12.1. The minimum atomic E-state index is 0.929. The summed E-state index contributed by atoms with van der Waals surface area (Å²) in [6.07, 6.45) is 3.87. The molecule has 0 saturated heterocycles. The van der Waals surface area contributed by atoms with Crippen molar-refractivity contribution in [2.24, 2.45) is 7.05 Å². The molecule has 3 heteroatoms. The van der Waals surface area contributed by atoms with Gasteiger partial charge in [0.15, 0.2) is 0 Å². The fourth-order valence-electron chi connectivity index (χ4n) is 3.05. The highest BCUT2D eigenvalue weighted by atomic mass is 15.2. The van der Waals surface area contributed by atoms with Crippen molar-refractivity contribution in [3.8, 4) is 5.95 Å². The average molecular weight is 274 g/mol. The zero-order valence-electron chi connectivity index (χ0n) is 12.1. The van der Waals surface area contributed by atoms with Gasteiger partial charge in [-0.3, -0.25) is 0 Å². The Labute approximate surface area is 123 Å². The summed E-state index contributed by atoms with van der Waals surface area (Å²) in [7, 11) is 2.03. The Kier molecular flexibility index (Phi) is 2.54. The molecule has 0 bridgehead atoms. The van der Waals surface area contributed by atoms with Crippen molar-refractivity contribution in [3.63, 3.8) is 0 Å². The standard InChI is InChI=1S/C18H16N3/c1-13-7-5-9-15-14-8-3-4-10-16(14)21(17(13)15)18-19-11-6-12-20(18)2/h3-12H,1-2H3/q+1. The largest absolute Gasteiger partial charge is 0.403 e. The van der Waals surface area contributed by atoms with Gasteiger partial charge in [0.2, 0.25) is 0 Å². The highest BCUT2D eigenvalue weighted by molar-refractivity contribution is 6.09. The zero-order chi connectivity index (χ0) is 14.4. The van der Waals surface area contributed by atoms with Crippen LogP contribution in [0.3, 0.4) is 0 Å². The van der Waals surface area contributed by atoms with Crippen LogP contribution in [0.5, 0.6) is 0 Å². The molecule has 0 saturated carbocycles. The van der Waals surface area contributed by atoms with E-state index in [4.69, 9.17) is 0 Å². The van der Waals surface area contributed by atoms with Crippen molar-refractivity contribution >= 4 is 21.8 Å². The van der Waals surface area contributed by atoms with E-state index in [0.29, 0.717) is 0 Å². The lowest BCUT2D eigenvalue weighted by Crippen LogP contribution is -2.34. The van der Waals surface area contributed by atoms with Crippen molar-refractivity contribution < 1.29 is 4.57 Å². The van der Waals surface area contributed by atoms with Gasteiger partial charge in [-0.2, -0.15) is 4.57 Å². The molecule has 102 valence electrons. The van der Waals surface area contributed by atoms with Crippen LogP contribution in [0, 0.1) is 6.92 Å². The van der Waals surface area contributed by atoms with Gasteiger partial charge in [0.25, 0.3) is 0 Å². The molecule has 0 radical (unpaired) electrons. The molecule has 0 atom stereocenters. The molecule has 0 aliphatic carbocycles. The van der Waals surface area contributed by atoms with Crippen LogP contribution >= 0.6 is 0 Å². The third-order valence-corrected chi connectivity index (χ3v) is 4.00. The molecule has 0 aliphatic rings. The summed E-state index contributed by atoms with van der Waals surface area (Å²) in [5.41, 5.74) is 3.68. The van der Waals surface area contributed by atoms with E-state index in [1.165, 1.54) is 27.4 Å². The van der Waals surface area contributed by atoms with Crippen LogP contribution in [0.2, 0.25) is 0 Å². The first-order valence-electron chi connectivity index (χ1n) is 7.07. The van der Waals surface area contributed by atoms with Crippen molar-refractivity contribution in [3.05, 3.63) is 66.5 Å². The van der Waals surface area contributed by atoms with Crippen LogP contribution in [0.1, 0.15) is 5.56 Å². The third kappa shape index (κ3) is 1.67. The van der Waals surface area contributed by atoms with E-state index in [-0.39, 0.29) is 0 Å². The topological polar surface area (TPSA) is 21.7 Å². The highest BCUT2D eigenvalue weighted by Gasteiger charge is 2.21. The molecule has 0 fully saturated rings. The van der Waals surface area contributed by atoms with Gasteiger partial charge in [-0.25, -0.2) is 4.57 Å². The SMILES string of the molecule is Cc1cccc2c3ccccc3n(-c3nccc[n+]3C)c12. The predicted molar refractivity (Wildman–Crippen MR) is 84.5 cm³/mol. The summed E-state index contributed by atoms with van der Waals surface area (Å²) in [6.45, 7) is 2.15. The summed E-state index contributed by atoms with van der Waals surface area (Å²) in [4.78, 5) is 4.59. The van der Waals surface area contributed by atoms with Gasteiger partial charge in [-0.1, -0.05) is 41.4 Å². The number of aryl methyl sites for hydroxylation is 2. The highest BCUT2D eigenvalue weighted by Crippen LogP contribution is 2.32. The quantitative estimate of drug-likeness (QED) is 0.488. The Morgan fingerprint density at radius 2 is 1.76 bits per heavy atom. The second-order valence-corrected chi connectivity index (χ2v) is 5.35. The monoisotopic (exact) mass is 274 g/mol. The van der Waals surface area contributed by atoms with Gasteiger partial charge in [-0.15, -0.1) is 0 Å². The van der Waals surface area contributed by atoms with E-state index >= 15 is 0 Å². The molecule has 0 unspecified atom stereocenters. The smallest absolute Gasteiger partial charge is 0.238 e. The van der Waals surface area contributed by atoms with Crippen LogP contribution in [0.25, 0.3) is 27.8 Å². The Morgan fingerprint density at radius 3 is 2.62 bits per heavy atom. The van der Waals surface area contributed by atoms with Gasteiger partial charge in [0.05, 0.1) is 13.2 Å². The maximum Gasteiger partial charge on any atom is 0.403 e. The lowest BCUT2D eigenvalue weighted by Gasteiger charge is -2.03. The number of para-hydroxylation sites is 2. The maximum atomic E-state index is 4.59. The van der Waals surface area contributed by atoms with Gasteiger partial charge >= 0.3 is 5.95 Å². The molecule has 2 heterocycles. The Balaban J connectivity index is 2.28. The fraction of sp³-hybridized carbons (Fsp3) is 0.111. The van der Waals surface area contributed by atoms with Crippen molar-refractivity contribution in [2.45, 2.75) is 6.92 Å². The van der Waals surface area contributed by atoms with Crippen LogP contribution in [0.4, 0.5) is 0 Å². The summed E-state index contributed by atoms with van der Waals surface area (Å²) in [5.74, 6) is 0.929. The zero-order valence-corrected chi connectivity index (χ0v) is 12.1. The van der Waals surface area contributed by atoms with Crippen LogP contribution < -0.4 is 4.57 Å². The number of rotatable bonds is 1. The summed E-state index contributed by atoms with van der Waals surface area (Å²) in [6, 6.07) is 16.9. The van der Waals surface area contributed by atoms with Gasteiger partial charge in [-0.05, 0) is 18.6 Å². The number of aromatic nitrogens is 3. The second kappa shape index (κ2) is 4.42. The van der Waals surface area contributed by atoms with Crippen molar-refractivity contribution in [1.82, 2.24) is 9.55 Å². The lowest BCUT2D eigenvalue weighted by atomic mass is 10.1. The Bertz CT molecular complexity index is 967. The third-order valence-electron chi connectivity index (χ3n) is 4.00. The molecule has 2 aromatic carbocycles. The minimum Gasteiger partial charge on any atom is -0.238 e. The molecule has 0 amide bonds. The van der Waals surface area contributed by atoms with Crippen molar-refractivity contribution in [2.75, 3.05) is 0 Å². The average Bonchev–Trinajstić information content (AvgIpc) is 2.84. The van der Waals surface area contributed by atoms with E-state index in [2.05, 4.69) is 63.5 Å². The maximum absolute atomic E-state index is 4.59. The summed E-state index contributed by atoms with van der Waals surface area (Å²) < 4.78 is 4.30. The normalized spacial score (nSPS) is 11.3. The van der Waals surface area contributed by atoms with E-state index in [9.17, 15) is 0 Å². The number of hydrogen-bond acceptors (Lipinski definition) is 1. The van der Waals surface area contributed by atoms with Gasteiger partial charge in [0.1, 0.15) is 17.2 Å².